The van der Waals surface area contributed by atoms with Gasteiger partial charge in [0.05, 0.1) is 0 Å². The average Bonchev–Trinajstić information content (AvgIpc) is 2.98. The molecule has 2 N–H and O–H groups in total. The molecule has 0 unspecified atom stereocenters. The number of carbonyl (C=O) groups excluding carboxylic acids is 1. The Kier molecular flexibility index (Phi) is 4.50. The third-order valence-corrected chi connectivity index (χ3v) is 3.98. The van der Waals surface area contributed by atoms with E-state index in [9.17, 15) is 9.18 Å². The van der Waals surface area contributed by atoms with Gasteiger partial charge in [-0.2, -0.15) is 0 Å². The van der Waals surface area contributed by atoms with E-state index >= 15 is 0 Å². The molecule has 116 valence electrons. The number of benzene rings is 2. The lowest BCUT2D eigenvalue weighted by atomic mass is 10.2. The molecule has 8 heteroatoms. The molecule has 2 amide bonds. The van der Waals surface area contributed by atoms with Gasteiger partial charge in [-0.3, -0.25) is 5.32 Å². The van der Waals surface area contributed by atoms with Crippen LogP contribution in [0.2, 0.25) is 5.02 Å². The number of anilines is 2. The van der Waals surface area contributed by atoms with Gasteiger partial charge >= 0.3 is 6.03 Å². The number of hydrogen-bond donors (Lipinski definition) is 2. The molecule has 0 aliphatic rings. The average molecular weight is 349 g/mol. The molecule has 5 nitrogen and oxygen atoms in total. The summed E-state index contributed by atoms with van der Waals surface area (Å²) in [4.78, 5) is 11.9. The molecule has 1 aromatic heterocycles. The second kappa shape index (κ2) is 6.72. The highest BCUT2D eigenvalue weighted by Crippen LogP contribution is 2.27. The van der Waals surface area contributed by atoms with Crippen LogP contribution in [0.3, 0.4) is 0 Å². The van der Waals surface area contributed by atoms with E-state index in [-0.39, 0.29) is 5.82 Å². The molecule has 3 aromatic rings. The van der Waals surface area contributed by atoms with Crippen LogP contribution in [0.5, 0.6) is 0 Å². The van der Waals surface area contributed by atoms with E-state index in [1.54, 1.807) is 12.1 Å². The van der Waals surface area contributed by atoms with Crippen LogP contribution in [-0.4, -0.2) is 16.2 Å². The molecule has 0 aliphatic heterocycles. The Morgan fingerprint density at radius 1 is 1.00 bits per heavy atom. The third kappa shape index (κ3) is 4.02. The van der Waals surface area contributed by atoms with Gasteiger partial charge in [0, 0.05) is 16.3 Å². The Morgan fingerprint density at radius 2 is 1.70 bits per heavy atom. The van der Waals surface area contributed by atoms with Crippen LogP contribution in [0.25, 0.3) is 10.6 Å². The molecule has 0 spiro atoms. The highest BCUT2D eigenvalue weighted by Gasteiger charge is 2.10. The molecular formula is C15H10ClFN4OS. The fourth-order valence-corrected chi connectivity index (χ4v) is 2.65. The molecule has 0 fully saturated rings. The molecule has 3 rings (SSSR count). The lowest BCUT2D eigenvalue weighted by molar-refractivity contribution is 0.262. The molecule has 0 atom stereocenters. The van der Waals surface area contributed by atoms with Crippen molar-refractivity contribution in [3.8, 4) is 10.6 Å². The maximum Gasteiger partial charge on any atom is 0.325 e. The maximum absolute atomic E-state index is 12.8. The van der Waals surface area contributed by atoms with Crippen LogP contribution >= 0.6 is 22.9 Å². The van der Waals surface area contributed by atoms with E-state index in [1.807, 2.05) is 12.1 Å². The Labute approximate surface area is 140 Å². The Hall–Kier alpha value is -2.51. The molecule has 0 radical (unpaired) electrons. The van der Waals surface area contributed by atoms with E-state index in [1.165, 1.54) is 35.6 Å². The maximum atomic E-state index is 12.8. The second-order valence-electron chi connectivity index (χ2n) is 4.51. The Morgan fingerprint density at radius 3 is 2.39 bits per heavy atom. The van der Waals surface area contributed by atoms with Gasteiger partial charge in [-0.25, -0.2) is 9.18 Å². The van der Waals surface area contributed by atoms with E-state index in [2.05, 4.69) is 20.8 Å². The van der Waals surface area contributed by atoms with Gasteiger partial charge in [0.15, 0.2) is 0 Å². The summed E-state index contributed by atoms with van der Waals surface area (Å²) in [6, 6.07) is 12.1. The van der Waals surface area contributed by atoms with Crippen LogP contribution in [0, 0.1) is 5.82 Å². The van der Waals surface area contributed by atoms with Crippen molar-refractivity contribution in [1.82, 2.24) is 10.2 Å². The third-order valence-electron chi connectivity index (χ3n) is 2.84. The Balaban J connectivity index is 1.65. The standard InChI is InChI=1S/C15H10ClFN4OS/c16-10-3-1-9(2-4-10)13-20-21-15(23-13)19-14(22)18-12-7-5-11(17)6-8-12/h1-8H,(H2,18,19,21,22). The first-order valence-electron chi connectivity index (χ1n) is 6.53. The molecular weight excluding hydrogens is 339 g/mol. The number of amides is 2. The quantitative estimate of drug-likeness (QED) is 0.724. The number of nitrogens with zero attached hydrogens (tertiary/aromatic N) is 2. The fourth-order valence-electron chi connectivity index (χ4n) is 1.78. The zero-order chi connectivity index (χ0) is 16.2. The van der Waals surface area contributed by atoms with Crippen LogP contribution in [0.1, 0.15) is 0 Å². The van der Waals surface area contributed by atoms with E-state index in [0.29, 0.717) is 20.8 Å². The summed E-state index contributed by atoms with van der Waals surface area (Å²) in [6.07, 6.45) is 0. The van der Waals surface area contributed by atoms with Gasteiger partial charge in [-0.15, -0.1) is 10.2 Å². The van der Waals surface area contributed by atoms with E-state index < -0.39 is 6.03 Å². The highest BCUT2D eigenvalue weighted by atomic mass is 35.5. The largest absolute Gasteiger partial charge is 0.325 e. The number of carbonyl (C=O) groups is 1. The predicted molar refractivity (Wildman–Crippen MR) is 89.4 cm³/mol. The van der Waals surface area contributed by atoms with Gasteiger partial charge in [0.25, 0.3) is 0 Å². The summed E-state index contributed by atoms with van der Waals surface area (Å²) in [7, 11) is 0. The first kappa shape index (κ1) is 15.4. The zero-order valence-electron chi connectivity index (χ0n) is 11.6. The minimum atomic E-state index is -0.476. The monoisotopic (exact) mass is 348 g/mol. The smallest absolute Gasteiger partial charge is 0.308 e. The van der Waals surface area contributed by atoms with Gasteiger partial charge in [-0.05, 0) is 36.4 Å². The highest BCUT2D eigenvalue weighted by molar-refractivity contribution is 7.18. The van der Waals surface area contributed by atoms with Gasteiger partial charge < -0.3 is 5.32 Å². The Bertz CT molecular complexity index is 820. The number of nitrogens with one attached hydrogen (secondary N) is 2. The van der Waals surface area contributed by atoms with Crippen molar-refractivity contribution in [3.05, 3.63) is 59.4 Å². The van der Waals surface area contributed by atoms with E-state index in [0.717, 1.165) is 5.56 Å². The number of urea groups is 1. The van der Waals surface area contributed by atoms with Crippen molar-refractivity contribution in [2.75, 3.05) is 10.6 Å². The summed E-state index contributed by atoms with van der Waals surface area (Å²) in [5.41, 5.74) is 1.34. The normalized spacial score (nSPS) is 10.3. The topological polar surface area (TPSA) is 66.9 Å². The molecule has 1 heterocycles. The number of aromatic nitrogens is 2. The molecule has 0 bridgehead atoms. The molecule has 2 aromatic carbocycles. The number of rotatable bonds is 3. The van der Waals surface area contributed by atoms with Crippen molar-refractivity contribution in [3.63, 3.8) is 0 Å². The summed E-state index contributed by atoms with van der Waals surface area (Å²) in [6.45, 7) is 0. The first-order valence-corrected chi connectivity index (χ1v) is 7.72. The minimum absolute atomic E-state index is 0.356. The molecule has 0 aliphatic carbocycles. The van der Waals surface area contributed by atoms with Crippen molar-refractivity contribution in [2.24, 2.45) is 0 Å². The zero-order valence-corrected chi connectivity index (χ0v) is 13.2. The van der Waals surface area contributed by atoms with Gasteiger partial charge in [-0.1, -0.05) is 35.1 Å². The van der Waals surface area contributed by atoms with Gasteiger partial charge in [0.2, 0.25) is 5.13 Å². The summed E-state index contributed by atoms with van der Waals surface area (Å²) in [5, 5.41) is 14.8. The van der Waals surface area contributed by atoms with E-state index in [4.69, 9.17) is 11.6 Å². The SMILES string of the molecule is O=C(Nc1ccc(F)cc1)Nc1nnc(-c2ccc(Cl)cc2)s1. The molecule has 23 heavy (non-hydrogen) atoms. The second-order valence-corrected chi connectivity index (χ2v) is 5.92. The van der Waals surface area contributed by atoms with Crippen LogP contribution < -0.4 is 10.6 Å². The number of halogens is 2. The van der Waals surface area contributed by atoms with Gasteiger partial charge in [0.1, 0.15) is 10.8 Å². The minimum Gasteiger partial charge on any atom is -0.308 e. The van der Waals surface area contributed by atoms with Crippen molar-refractivity contribution < 1.29 is 9.18 Å². The molecule has 0 saturated heterocycles. The van der Waals surface area contributed by atoms with Crippen molar-refractivity contribution in [2.45, 2.75) is 0 Å². The number of hydrogen-bond acceptors (Lipinski definition) is 4. The van der Waals surface area contributed by atoms with Crippen molar-refractivity contribution in [1.29, 1.82) is 0 Å². The predicted octanol–water partition coefficient (Wildman–Crippen LogP) is 4.64. The van der Waals surface area contributed by atoms with Crippen LogP contribution in [0.15, 0.2) is 48.5 Å². The summed E-state index contributed by atoms with van der Waals surface area (Å²) in [5.74, 6) is -0.368. The fraction of sp³-hybridized carbons (Fsp3) is 0. The summed E-state index contributed by atoms with van der Waals surface area (Å²) < 4.78 is 12.8. The lowest BCUT2D eigenvalue weighted by Crippen LogP contribution is -2.19. The lowest BCUT2D eigenvalue weighted by Gasteiger charge is -2.04. The van der Waals surface area contributed by atoms with Crippen LogP contribution in [-0.2, 0) is 0 Å². The first-order chi connectivity index (χ1) is 11.1. The van der Waals surface area contributed by atoms with Crippen molar-refractivity contribution >= 4 is 39.8 Å². The van der Waals surface area contributed by atoms with Crippen LogP contribution in [0.4, 0.5) is 20.0 Å². The summed E-state index contributed by atoms with van der Waals surface area (Å²) >= 11 is 7.07. The molecule has 0 saturated carbocycles.